The normalized spacial score (nSPS) is 25.1. The van der Waals surface area contributed by atoms with E-state index >= 15 is 0 Å². The molecule has 0 spiro atoms. The monoisotopic (exact) mass is 532 g/mol. The van der Waals surface area contributed by atoms with Crippen LogP contribution in [0.25, 0.3) is 0 Å². The van der Waals surface area contributed by atoms with Gasteiger partial charge in [-0.15, -0.1) is 11.8 Å². The van der Waals surface area contributed by atoms with Crippen LogP contribution in [0.5, 0.6) is 11.5 Å². The van der Waals surface area contributed by atoms with E-state index in [4.69, 9.17) is 25.8 Å². The van der Waals surface area contributed by atoms with E-state index in [-0.39, 0.29) is 23.9 Å². The summed E-state index contributed by atoms with van der Waals surface area (Å²) in [6.45, 7) is 5.75. The van der Waals surface area contributed by atoms with Crippen molar-refractivity contribution in [3.63, 3.8) is 0 Å². The van der Waals surface area contributed by atoms with Crippen molar-refractivity contribution >= 4 is 29.3 Å². The van der Waals surface area contributed by atoms with Gasteiger partial charge in [0.15, 0.2) is 11.5 Å². The molecule has 7 nitrogen and oxygen atoms in total. The van der Waals surface area contributed by atoms with Crippen molar-refractivity contribution in [2.75, 3.05) is 6.26 Å². The summed E-state index contributed by atoms with van der Waals surface area (Å²) in [5.41, 5.74) is 2.18. The first kappa shape index (κ1) is 25.5. The van der Waals surface area contributed by atoms with Gasteiger partial charge in [0.05, 0.1) is 17.2 Å². The number of ether oxygens (including phenoxy) is 3. The van der Waals surface area contributed by atoms with Crippen LogP contribution < -0.4 is 20.3 Å². The highest BCUT2D eigenvalue weighted by atomic mass is 35.5. The number of nitrogens with one attached hydrogen (secondary N) is 2. The summed E-state index contributed by atoms with van der Waals surface area (Å²) in [4.78, 5) is 29.3. The first-order valence-electron chi connectivity index (χ1n) is 12.6. The highest BCUT2D eigenvalue weighted by Crippen LogP contribution is 2.51. The maximum absolute atomic E-state index is 13.2. The molecular weight excluding hydrogens is 500 g/mol. The van der Waals surface area contributed by atoms with Gasteiger partial charge in [-0.25, -0.2) is 0 Å². The fourth-order valence-electron chi connectivity index (χ4n) is 5.25. The first-order chi connectivity index (χ1) is 17.2. The Morgan fingerprint density at radius 1 is 1.14 bits per heavy atom. The van der Waals surface area contributed by atoms with Gasteiger partial charge in [0, 0.05) is 46.7 Å². The van der Waals surface area contributed by atoms with Crippen LogP contribution in [0.1, 0.15) is 72.6 Å². The number of carbonyl (C=O) groups is 1. The number of aromatic amines is 1. The van der Waals surface area contributed by atoms with Gasteiger partial charge in [0.2, 0.25) is 0 Å². The molecule has 2 N–H and O–H groups in total. The Morgan fingerprint density at radius 2 is 1.78 bits per heavy atom. The fraction of sp³-hybridized carbons (Fsp3) is 0.556. The predicted octanol–water partition coefficient (Wildman–Crippen LogP) is 5.52. The van der Waals surface area contributed by atoms with Gasteiger partial charge in [0.25, 0.3) is 17.3 Å². The maximum Gasteiger partial charge on any atom is 0.254 e. The van der Waals surface area contributed by atoms with Crippen molar-refractivity contribution in [1.82, 2.24) is 10.3 Å². The van der Waals surface area contributed by atoms with Crippen molar-refractivity contribution in [3.8, 4) is 11.5 Å². The molecule has 0 bridgehead atoms. The number of hydrogen-bond donors (Lipinski definition) is 2. The van der Waals surface area contributed by atoms with Gasteiger partial charge >= 0.3 is 0 Å². The molecule has 1 atom stereocenters. The molecule has 9 heteroatoms. The molecule has 2 heterocycles. The van der Waals surface area contributed by atoms with E-state index in [2.05, 4.69) is 10.3 Å². The molecule has 36 heavy (non-hydrogen) atoms. The number of amides is 1. The molecule has 1 aromatic carbocycles. The molecule has 1 amide bonds. The van der Waals surface area contributed by atoms with Gasteiger partial charge in [-0.3, -0.25) is 9.59 Å². The van der Waals surface area contributed by atoms with Crippen molar-refractivity contribution in [2.24, 2.45) is 5.92 Å². The number of thioether (sulfide) groups is 1. The third-order valence-electron chi connectivity index (χ3n) is 7.49. The van der Waals surface area contributed by atoms with Gasteiger partial charge < -0.3 is 24.5 Å². The van der Waals surface area contributed by atoms with E-state index in [1.807, 2.05) is 33.1 Å². The van der Waals surface area contributed by atoms with Crippen LogP contribution in [0.4, 0.5) is 0 Å². The molecule has 1 aliphatic heterocycles. The second kappa shape index (κ2) is 9.95. The van der Waals surface area contributed by atoms with Crippen LogP contribution in [0.2, 0.25) is 5.02 Å². The summed E-state index contributed by atoms with van der Waals surface area (Å²) in [5, 5.41) is 3.22. The minimum Gasteiger partial charge on any atom is -0.448 e. The highest BCUT2D eigenvalue weighted by Gasteiger charge is 2.47. The van der Waals surface area contributed by atoms with Crippen molar-refractivity contribution in [2.45, 2.75) is 88.7 Å². The second-order valence-corrected chi connectivity index (χ2v) is 11.5. The maximum atomic E-state index is 13.2. The minimum absolute atomic E-state index is 0.111. The number of hydrogen-bond acceptors (Lipinski definition) is 6. The summed E-state index contributed by atoms with van der Waals surface area (Å²) < 4.78 is 18.8. The average Bonchev–Trinajstić information content (AvgIpc) is 3.58. The van der Waals surface area contributed by atoms with Crippen LogP contribution in [0, 0.1) is 19.8 Å². The standard InChI is InChI=1S/C27H33ClN2O5S/c1-14-11-22(36-4)20(26(32)30-14)13-29-25(31)19-12-21(28)24-23(15(19)2)34-27(3,35-24)16-5-7-17(8-6-16)33-18-9-10-18/h11-12,16-18H,5-10,13H2,1-4H3,(H,29,31)(H,30,32). The number of pyridine rings is 1. The van der Waals surface area contributed by atoms with E-state index in [9.17, 15) is 9.59 Å². The number of benzene rings is 1. The van der Waals surface area contributed by atoms with E-state index in [1.54, 1.807) is 6.07 Å². The smallest absolute Gasteiger partial charge is 0.254 e. The summed E-state index contributed by atoms with van der Waals surface area (Å²) in [6, 6.07) is 3.53. The lowest BCUT2D eigenvalue weighted by Gasteiger charge is -2.37. The van der Waals surface area contributed by atoms with Gasteiger partial charge in [-0.05, 0) is 70.8 Å². The van der Waals surface area contributed by atoms with E-state index < -0.39 is 5.79 Å². The third kappa shape index (κ3) is 5.00. The number of H-pyrrole nitrogens is 1. The Bertz CT molecular complexity index is 1240. The lowest BCUT2D eigenvalue weighted by Crippen LogP contribution is -2.45. The Hall–Kier alpha value is -2.16. The lowest BCUT2D eigenvalue weighted by molar-refractivity contribution is -0.130. The molecule has 194 valence electrons. The predicted molar refractivity (Wildman–Crippen MR) is 140 cm³/mol. The van der Waals surface area contributed by atoms with Crippen LogP contribution >= 0.6 is 23.4 Å². The number of rotatable bonds is 7. The second-order valence-electron chi connectivity index (χ2n) is 10.2. The van der Waals surface area contributed by atoms with E-state index in [0.717, 1.165) is 36.3 Å². The van der Waals surface area contributed by atoms with Crippen LogP contribution in [0.3, 0.4) is 0 Å². The number of fused-ring (bicyclic) bond motifs is 1. The minimum atomic E-state index is -0.834. The van der Waals surface area contributed by atoms with Crippen molar-refractivity contribution in [1.29, 1.82) is 0 Å². The summed E-state index contributed by atoms with van der Waals surface area (Å²) in [7, 11) is 0. The Morgan fingerprint density at radius 3 is 2.42 bits per heavy atom. The zero-order chi connectivity index (χ0) is 25.6. The van der Waals surface area contributed by atoms with E-state index in [0.29, 0.717) is 45.4 Å². The lowest BCUT2D eigenvalue weighted by atomic mass is 9.82. The molecule has 0 radical (unpaired) electrons. The molecule has 2 aliphatic carbocycles. The van der Waals surface area contributed by atoms with E-state index in [1.165, 1.54) is 24.6 Å². The van der Waals surface area contributed by atoms with Gasteiger partial charge in [-0.2, -0.15) is 0 Å². The van der Waals surface area contributed by atoms with Crippen LogP contribution in [-0.2, 0) is 11.3 Å². The molecule has 2 saturated carbocycles. The SMILES string of the molecule is CSc1cc(C)[nH]c(=O)c1CNC(=O)c1cc(Cl)c2c(c1C)OC(C)(C1CCC(OC3CC3)CC1)O2. The Kier molecular flexibility index (Phi) is 7.05. The third-order valence-corrected chi connectivity index (χ3v) is 8.58. The molecule has 1 aromatic heterocycles. The molecule has 3 aliphatic rings. The number of aromatic nitrogens is 1. The summed E-state index contributed by atoms with van der Waals surface area (Å²) in [6.07, 6.45) is 8.98. The van der Waals surface area contributed by atoms with Gasteiger partial charge in [-0.1, -0.05) is 11.6 Å². The average molecular weight is 533 g/mol. The number of carbonyl (C=O) groups excluding carboxylic acids is 1. The summed E-state index contributed by atoms with van der Waals surface area (Å²) in [5.74, 6) is 0.0570. The fourth-order valence-corrected chi connectivity index (χ4v) is 6.19. The highest BCUT2D eigenvalue weighted by molar-refractivity contribution is 7.98. The number of halogens is 1. The topological polar surface area (TPSA) is 89.7 Å². The van der Waals surface area contributed by atoms with Crippen molar-refractivity contribution in [3.05, 3.63) is 49.9 Å². The zero-order valence-electron chi connectivity index (χ0n) is 21.2. The van der Waals surface area contributed by atoms with Crippen LogP contribution in [0.15, 0.2) is 21.8 Å². The molecular formula is C27H33ClN2O5S. The molecule has 1 unspecified atom stereocenters. The Labute approximate surface area is 220 Å². The van der Waals surface area contributed by atoms with Crippen LogP contribution in [-0.4, -0.2) is 35.1 Å². The first-order valence-corrected chi connectivity index (χ1v) is 14.2. The zero-order valence-corrected chi connectivity index (χ0v) is 22.7. The molecule has 5 rings (SSSR count). The van der Waals surface area contributed by atoms with Crippen molar-refractivity contribution < 1.29 is 19.0 Å². The Balaban J connectivity index is 1.30. The molecule has 2 fully saturated rings. The largest absolute Gasteiger partial charge is 0.448 e. The number of aryl methyl sites for hydroxylation is 1. The molecule has 2 aromatic rings. The van der Waals surface area contributed by atoms with Gasteiger partial charge in [0.1, 0.15) is 0 Å². The summed E-state index contributed by atoms with van der Waals surface area (Å²) >= 11 is 8.06. The quantitative estimate of drug-likeness (QED) is 0.456. The molecule has 0 saturated heterocycles.